The number of carbonyl (C=O) groups is 1. The van der Waals surface area contributed by atoms with Crippen LogP contribution in [0.3, 0.4) is 0 Å². The molecule has 88 valence electrons. The molecule has 0 saturated heterocycles. The number of amides is 1. The lowest BCUT2D eigenvalue weighted by atomic mass is 10.1. The molecule has 1 heterocycles. The Morgan fingerprint density at radius 1 is 1.18 bits per heavy atom. The Balaban J connectivity index is 2.19. The van der Waals surface area contributed by atoms with Crippen LogP contribution < -0.4 is 5.32 Å². The highest BCUT2D eigenvalue weighted by atomic mass is 16.1. The van der Waals surface area contributed by atoms with Crippen molar-refractivity contribution < 1.29 is 4.79 Å². The second-order valence-corrected chi connectivity index (χ2v) is 4.07. The molecule has 0 atom stereocenters. The van der Waals surface area contributed by atoms with Gasteiger partial charge in [0.15, 0.2) is 0 Å². The molecular weight excluding hydrogens is 216 g/mol. The number of aromatic nitrogens is 3. The van der Waals surface area contributed by atoms with E-state index in [1.165, 1.54) is 0 Å². The van der Waals surface area contributed by atoms with E-state index in [0.29, 0.717) is 17.3 Å². The van der Waals surface area contributed by atoms with E-state index in [9.17, 15) is 4.79 Å². The van der Waals surface area contributed by atoms with Crippen LogP contribution in [0, 0.1) is 20.8 Å². The van der Waals surface area contributed by atoms with Crippen molar-refractivity contribution in [3.63, 3.8) is 0 Å². The van der Waals surface area contributed by atoms with Crippen LogP contribution in [-0.2, 0) is 0 Å². The van der Waals surface area contributed by atoms with Crippen molar-refractivity contribution in [2.24, 2.45) is 0 Å². The molecule has 0 radical (unpaired) electrons. The molecule has 17 heavy (non-hydrogen) atoms. The van der Waals surface area contributed by atoms with Crippen LogP contribution in [0.4, 0.5) is 5.95 Å². The molecule has 2 aromatic rings. The second kappa shape index (κ2) is 4.37. The molecule has 5 nitrogen and oxygen atoms in total. The minimum Gasteiger partial charge on any atom is -0.289 e. The molecule has 5 heteroatoms. The third-order valence-electron chi connectivity index (χ3n) is 2.31. The minimum atomic E-state index is -0.198. The fourth-order valence-corrected chi connectivity index (χ4v) is 1.68. The lowest BCUT2D eigenvalue weighted by Crippen LogP contribution is -2.13. The van der Waals surface area contributed by atoms with Gasteiger partial charge in [-0.15, -0.1) is 5.10 Å². The Morgan fingerprint density at radius 3 is 2.35 bits per heavy atom. The number of hydrogen-bond acceptors (Lipinski definition) is 3. The van der Waals surface area contributed by atoms with Crippen molar-refractivity contribution in [3.8, 4) is 0 Å². The number of hydrogen-bond donors (Lipinski definition) is 2. The van der Waals surface area contributed by atoms with Gasteiger partial charge in [0.2, 0.25) is 5.95 Å². The fraction of sp³-hybridized carbons (Fsp3) is 0.250. The number of H-pyrrole nitrogens is 1. The Labute approximate surface area is 99.3 Å². The van der Waals surface area contributed by atoms with Crippen LogP contribution in [0.15, 0.2) is 18.2 Å². The van der Waals surface area contributed by atoms with Crippen molar-refractivity contribution in [2.75, 3.05) is 5.32 Å². The summed E-state index contributed by atoms with van der Waals surface area (Å²) in [6.07, 6.45) is 0. The Morgan fingerprint density at radius 2 is 1.82 bits per heavy atom. The van der Waals surface area contributed by atoms with Gasteiger partial charge in [0.05, 0.1) is 0 Å². The summed E-state index contributed by atoms with van der Waals surface area (Å²) in [6.45, 7) is 5.70. The van der Waals surface area contributed by atoms with E-state index < -0.39 is 0 Å². The smallest absolute Gasteiger partial charge is 0.258 e. The maximum absolute atomic E-state index is 11.9. The normalized spacial score (nSPS) is 10.3. The number of nitrogens with zero attached hydrogens (tertiary/aromatic N) is 2. The number of carbonyl (C=O) groups excluding carboxylic acids is 1. The van der Waals surface area contributed by atoms with Crippen molar-refractivity contribution in [1.29, 1.82) is 0 Å². The van der Waals surface area contributed by atoms with Gasteiger partial charge in [-0.05, 0) is 32.9 Å². The summed E-state index contributed by atoms with van der Waals surface area (Å²) in [7, 11) is 0. The summed E-state index contributed by atoms with van der Waals surface area (Å²) in [4.78, 5) is 15.9. The minimum absolute atomic E-state index is 0.198. The second-order valence-electron chi connectivity index (χ2n) is 4.07. The van der Waals surface area contributed by atoms with Crippen LogP contribution >= 0.6 is 0 Å². The summed E-state index contributed by atoms with van der Waals surface area (Å²) < 4.78 is 0. The van der Waals surface area contributed by atoms with E-state index in [-0.39, 0.29) is 5.91 Å². The zero-order chi connectivity index (χ0) is 12.4. The molecule has 0 aliphatic heterocycles. The topological polar surface area (TPSA) is 70.7 Å². The van der Waals surface area contributed by atoms with Gasteiger partial charge >= 0.3 is 0 Å². The van der Waals surface area contributed by atoms with E-state index in [1.54, 1.807) is 6.92 Å². The molecule has 2 N–H and O–H groups in total. The molecule has 0 aliphatic rings. The average molecular weight is 230 g/mol. The highest BCUT2D eigenvalue weighted by molar-refractivity contribution is 6.03. The van der Waals surface area contributed by atoms with Gasteiger partial charge < -0.3 is 0 Å². The van der Waals surface area contributed by atoms with Gasteiger partial charge in [-0.1, -0.05) is 17.2 Å². The molecule has 1 aromatic heterocycles. The molecule has 0 bridgehead atoms. The maximum atomic E-state index is 11.9. The highest BCUT2D eigenvalue weighted by Crippen LogP contribution is 2.10. The number of benzene rings is 1. The van der Waals surface area contributed by atoms with E-state index in [0.717, 1.165) is 11.1 Å². The Hall–Kier alpha value is -2.17. The summed E-state index contributed by atoms with van der Waals surface area (Å²) in [5.74, 6) is 0.767. The van der Waals surface area contributed by atoms with Crippen LogP contribution in [0.1, 0.15) is 27.3 Å². The lowest BCUT2D eigenvalue weighted by Gasteiger charge is -2.04. The first kappa shape index (κ1) is 11.3. The van der Waals surface area contributed by atoms with Gasteiger partial charge in [0, 0.05) is 5.56 Å². The molecule has 0 saturated carbocycles. The number of nitrogens with one attached hydrogen (secondary N) is 2. The number of aryl methyl sites for hydroxylation is 3. The lowest BCUT2D eigenvalue weighted by molar-refractivity contribution is 0.102. The SMILES string of the molecule is Cc1cc(C)cc(C(=O)Nc2n[nH]c(C)n2)c1. The molecule has 0 fully saturated rings. The van der Waals surface area contributed by atoms with Crippen molar-refractivity contribution in [3.05, 3.63) is 40.7 Å². The average Bonchev–Trinajstić information content (AvgIpc) is 2.62. The Bertz CT molecular complexity index is 539. The maximum Gasteiger partial charge on any atom is 0.258 e. The standard InChI is InChI=1S/C12H14N4O/c1-7-4-8(2)6-10(5-7)11(17)14-12-13-9(3)15-16-12/h4-6H,1-3H3,(H2,13,14,15,16,17). The van der Waals surface area contributed by atoms with Gasteiger partial charge in [0.1, 0.15) is 5.82 Å². The molecular formula is C12H14N4O. The molecule has 0 aliphatic carbocycles. The first-order chi connectivity index (χ1) is 8.04. The summed E-state index contributed by atoms with van der Waals surface area (Å²) >= 11 is 0. The Kier molecular flexibility index (Phi) is 2.91. The van der Waals surface area contributed by atoms with Crippen LogP contribution in [0.25, 0.3) is 0 Å². The zero-order valence-corrected chi connectivity index (χ0v) is 10.0. The predicted octanol–water partition coefficient (Wildman–Crippen LogP) is 1.98. The first-order valence-corrected chi connectivity index (χ1v) is 5.33. The predicted molar refractivity (Wildman–Crippen MR) is 65.0 cm³/mol. The fourth-order valence-electron chi connectivity index (χ4n) is 1.68. The van der Waals surface area contributed by atoms with E-state index in [4.69, 9.17) is 0 Å². The zero-order valence-electron chi connectivity index (χ0n) is 10.0. The summed E-state index contributed by atoms with van der Waals surface area (Å²) in [5.41, 5.74) is 2.73. The van der Waals surface area contributed by atoms with Crippen molar-refractivity contribution in [1.82, 2.24) is 15.2 Å². The molecule has 1 amide bonds. The first-order valence-electron chi connectivity index (χ1n) is 5.33. The van der Waals surface area contributed by atoms with Crippen molar-refractivity contribution >= 4 is 11.9 Å². The van der Waals surface area contributed by atoms with Crippen molar-refractivity contribution in [2.45, 2.75) is 20.8 Å². The quantitative estimate of drug-likeness (QED) is 0.828. The van der Waals surface area contributed by atoms with Crippen LogP contribution in [-0.4, -0.2) is 21.1 Å². The third-order valence-corrected chi connectivity index (χ3v) is 2.31. The summed E-state index contributed by atoms with van der Waals surface area (Å²) in [6, 6.07) is 5.69. The van der Waals surface area contributed by atoms with E-state index >= 15 is 0 Å². The van der Waals surface area contributed by atoms with Crippen LogP contribution in [0.5, 0.6) is 0 Å². The van der Waals surface area contributed by atoms with E-state index in [1.807, 2.05) is 32.0 Å². The van der Waals surface area contributed by atoms with E-state index in [2.05, 4.69) is 20.5 Å². The van der Waals surface area contributed by atoms with Gasteiger partial charge in [-0.2, -0.15) is 4.98 Å². The molecule has 2 rings (SSSR count). The van der Waals surface area contributed by atoms with Gasteiger partial charge in [-0.3, -0.25) is 15.2 Å². The monoisotopic (exact) mass is 230 g/mol. The number of anilines is 1. The number of rotatable bonds is 2. The largest absolute Gasteiger partial charge is 0.289 e. The summed E-state index contributed by atoms with van der Waals surface area (Å²) in [5, 5.41) is 9.17. The molecule has 0 unspecified atom stereocenters. The molecule has 0 spiro atoms. The number of aromatic amines is 1. The van der Waals surface area contributed by atoms with Crippen LogP contribution in [0.2, 0.25) is 0 Å². The highest BCUT2D eigenvalue weighted by Gasteiger charge is 2.09. The molecule has 1 aromatic carbocycles. The van der Waals surface area contributed by atoms with Gasteiger partial charge in [-0.25, -0.2) is 0 Å². The van der Waals surface area contributed by atoms with Gasteiger partial charge in [0.25, 0.3) is 5.91 Å². The third kappa shape index (κ3) is 2.69.